The van der Waals surface area contributed by atoms with E-state index in [1.807, 2.05) is 61.5 Å². The summed E-state index contributed by atoms with van der Waals surface area (Å²) in [6.45, 7) is 1.91. The Bertz CT molecular complexity index is 1530. The number of aryl methyl sites for hydroxylation is 1. The Kier molecular flexibility index (Phi) is 5.00. The Morgan fingerprint density at radius 1 is 0.879 bits per heavy atom. The summed E-state index contributed by atoms with van der Waals surface area (Å²) >= 11 is 0. The molecule has 0 amide bonds. The minimum atomic E-state index is 0.377. The third-order valence-corrected chi connectivity index (χ3v) is 5.58. The van der Waals surface area contributed by atoms with E-state index in [2.05, 4.69) is 11.1 Å². The number of benzene rings is 3. The van der Waals surface area contributed by atoms with E-state index in [1.54, 1.807) is 31.4 Å². The summed E-state index contributed by atoms with van der Waals surface area (Å²) in [6, 6.07) is 26.7. The second kappa shape index (κ2) is 8.13. The molecule has 5 rings (SSSR count). The largest absolute Gasteiger partial charge is 0.497 e. The van der Waals surface area contributed by atoms with Crippen molar-refractivity contribution in [2.24, 2.45) is 0 Å². The molecule has 0 atom stereocenters. The average molecular weight is 432 g/mol. The number of aromatic nitrogens is 3. The van der Waals surface area contributed by atoms with Crippen molar-refractivity contribution >= 4 is 10.8 Å². The van der Waals surface area contributed by atoms with Crippen LogP contribution in [0, 0.1) is 18.3 Å². The first kappa shape index (κ1) is 20.3. The molecule has 0 spiro atoms. The zero-order valence-electron chi connectivity index (χ0n) is 18.1. The lowest BCUT2D eigenvalue weighted by atomic mass is 10.0. The summed E-state index contributed by atoms with van der Waals surface area (Å²) in [6.07, 6.45) is 0. The van der Waals surface area contributed by atoms with E-state index >= 15 is 0 Å². The van der Waals surface area contributed by atoms with Gasteiger partial charge in [0.15, 0.2) is 5.82 Å². The van der Waals surface area contributed by atoms with Crippen molar-refractivity contribution in [3.63, 3.8) is 0 Å². The molecular formula is C27H20N4O2. The number of methoxy groups -OCH3 is 1. The smallest absolute Gasteiger partial charge is 0.176 e. The van der Waals surface area contributed by atoms with E-state index in [0.717, 1.165) is 32.5 Å². The Hall–Kier alpha value is -4.63. The monoisotopic (exact) mass is 432 g/mol. The molecule has 1 N–H and O–H groups in total. The molecule has 0 aliphatic heterocycles. The number of pyridine rings is 1. The van der Waals surface area contributed by atoms with Crippen molar-refractivity contribution in [2.45, 2.75) is 6.92 Å². The molecule has 3 aromatic carbocycles. The Morgan fingerprint density at radius 3 is 2.33 bits per heavy atom. The van der Waals surface area contributed by atoms with E-state index in [4.69, 9.17) is 15.0 Å². The lowest BCUT2D eigenvalue weighted by Crippen LogP contribution is -1.99. The van der Waals surface area contributed by atoms with E-state index in [1.165, 1.54) is 0 Å². The first-order valence-electron chi connectivity index (χ1n) is 10.4. The fraction of sp³-hybridized carbons (Fsp3) is 0.0741. The number of fused-ring (bicyclic) bond motifs is 1. The molecule has 0 radical (unpaired) electrons. The molecule has 0 aliphatic carbocycles. The number of nitrogens with zero attached hydrogens (tertiary/aromatic N) is 4. The zero-order valence-corrected chi connectivity index (χ0v) is 18.1. The Morgan fingerprint density at radius 2 is 1.61 bits per heavy atom. The molecule has 0 unspecified atom stereocenters. The number of hydrogen-bond donors (Lipinski definition) is 1. The summed E-state index contributed by atoms with van der Waals surface area (Å²) in [5, 5.41) is 22.4. The van der Waals surface area contributed by atoms with Crippen molar-refractivity contribution in [3.05, 3.63) is 90.1 Å². The minimum Gasteiger partial charge on any atom is -0.497 e. The maximum Gasteiger partial charge on any atom is 0.176 e. The third kappa shape index (κ3) is 3.66. The van der Waals surface area contributed by atoms with Crippen LogP contribution < -0.4 is 4.74 Å². The van der Waals surface area contributed by atoms with E-state index in [9.17, 15) is 5.21 Å². The second-order valence-corrected chi connectivity index (χ2v) is 7.73. The summed E-state index contributed by atoms with van der Waals surface area (Å²) in [7, 11) is 1.65. The van der Waals surface area contributed by atoms with Gasteiger partial charge in [-0.15, -0.1) is 0 Å². The highest BCUT2D eigenvalue weighted by atomic mass is 16.5. The molecular weight excluding hydrogens is 412 g/mol. The molecule has 0 bridgehead atoms. The molecule has 0 saturated heterocycles. The van der Waals surface area contributed by atoms with Crippen LogP contribution in [0.4, 0.5) is 0 Å². The van der Waals surface area contributed by atoms with Crippen LogP contribution in [-0.4, -0.2) is 27.0 Å². The predicted molar refractivity (Wildman–Crippen MR) is 127 cm³/mol. The van der Waals surface area contributed by atoms with Gasteiger partial charge >= 0.3 is 0 Å². The molecule has 6 nitrogen and oxygen atoms in total. The van der Waals surface area contributed by atoms with Gasteiger partial charge in [-0.25, -0.2) is 4.98 Å². The number of imidazole rings is 1. The summed E-state index contributed by atoms with van der Waals surface area (Å²) in [5.41, 5.74) is 4.68. The zero-order chi connectivity index (χ0) is 22.9. The molecule has 2 heterocycles. The van der Waals surface area contributed by atoms with Gasteiger partial charge in [-0.05, 0) is 72.3 Å². The van der Waals surface area contributed by atoms with Crippen molar-refractivity contribution in [2.75, 3.05) is 7.11 Å². The second-order valence-electron chi connectivity index (χ2n) is 7.73. The number of ether oxygens (including phenoxy) is 1. The average Bonchev–Trinajstić information content (AvgIpc) is 3.20. The van der Waals surface area contributed by atoms with Crippen LogP contribution in [0.5, 0.6) is 5.75 Å². The quantitative estimate of drug-likeness (QED) is 0.360. The van der Waals surface area contributed by atoms with E-state index in [-0.39, 0.29) is 0 Å². The maximum absolute atomic E-state index is 11.2. The molecule has 0 fully saturated rings. The highest BCUT2D eigenvalue weighted by Crippen LogP contribution is 2.36. The van der Waals surface area contributed by atoms with Crippen molar-refractivity contribution < 1.29 is 9.94 Å². The summed E-state index contributed by atoms with van der Waals surface area (Å²) in [4.78, 5) is 9.45. The third-order valence-electron chi connectivity index (χ3n) is 5.58. The van der Waals surface area contributed by atoms with Crippen LogP contribution in [0.1, 0.15) is 11.3 Å². The summed E-state index contributed by atoms with van der Waals surface area (Å²) in [5.74, 6) is 1.17. The minimum absolute atomic E-state index is 0.377. The van der Waals surface area contributed by atoms with Crippen LogP contribution in [0.15, 0.2) is 78.9 Å². The standard InChI is InChI=1S/C27H20N4O2/c1-17-4-3-5-24(29-17)26-25(22-11-10-21-15-23(33-2)13-12-20(21)14-22)30-27(31(26)32)19-8-6-18(16-28)7-9-19/h3-15,32H,1-2H3. The molecule has 0 aliphatic rings. The van der Waals surface area contributed by atoms with Crippen LogP contribution >= 0.6 is 0 Å². The van der Waals surface area contributed by atoms with Gasteiger partial charge in [0, 0.05) is 16.8 Å². The Balaban J connectivity index is 1.73. The molecule has 0 saturated carbocycles. The van der Waals surface area contributed by atoms with Gasteiger partial charge < -0.3 is 9.94 Å². The first-order chi connectivity index (χ1) is 16.1. The van der Waals surface area contributed by atoms with Crippen LogP contribution in [0.3, 0.4) is 0 Å². The van der Waals surface area contributed by atoms with Gasteiger partial charge in [-0.3, -0.25) is 4.98 Å². The number of rotatable bonds is 4. The highest BCUT2D eigenvalue weighted by molar-refractivity contribution is 5.90. The van der Waals surface area contributed by atoms with Gasteiger partial charge in [0.2, 0.25) is 0 Å². The topological polar surface area (TPSA) is 84.0 Å². The number of hydrogen-bond acceptors (Lipinski definition) is 5. The van der Waals surface area contributed by atoms with Crippen molar-refractivity contribution in [3.8, 4) is 45.9 Å². The van der Waals surface area contributed by atoms with E-state index in [0.29, 0.717) is 34.0 Å². The summed E-state index contributed by atoms with van der Waals surface area (Å²) < 4.78 is 6.41. The highest BCUT2D eigenvalue weighted by Gasteiger charge is 2.22. The van der Waals surface area contributed by atoms with Gasteiger partial charge in [-0.1, -0.05) is 24.3 Å². The molecule has 33 heavy (non-hydrogen) atoms. The number of nitriles is 1. The first-order valence-corrected chi connectivity index (χ1v) is 10.4. The lowest BCUT2D eigenvalue weighted by molar-refractivity contribution is 0.195. The fourth-order valence-electron chi connectivity index (χ4n) is 3.90. The normalized spacial score (nSPS) is 10.8. The van der Waals surface area contributed by atoms with Crippen molar-refractivity contribution in [1.29, 1.82) is 5.26 Å². The Labute approximate surface area is 190 Å². The van der Waals surface area contributed by atoms with Crippen LogP contribution in [-0.2, 0) is 0 Å². The SMILES string of the molecule is COc1ccc2cc(-c3nc(-c4ccc(C#N)cc4)n(O)c3-c3cccc(C)n3)ccc2c1. The predicted octanol–water partition coefficient (Wildman–Crippen LogP) is 5.86. The molecule has 160 valence electrons. The molecule has 5 aromatic rings. The van der Waals surface area contributed by atoms with Crippen LogP contribution in [0.2, 0.25) is 0 Å². The molecule has 2 aromatic heterocycles. The van der Waals surface area contributed by atoms with Gasteiger partial charge in [0.25, 0.3) is 0 Å². The van der Waals surface area contributed by atoms with E-state index < -0.39 is 0 Å². The maximum atomic E-state index is 11.2. The van der Waals surface area contributed by atoms with Crippen molar-refractivity contribution in [1.82, 2.24) is 14.7 Å². The van der Waals surface area contributed by atoms with Gasteiger partial charge in [0.1, 0.15) is 17.1 Å². The van der Waals surface area contributed by atoms with Gasteiger partial charge in [0.05, 0.1) is 24.4 Å². The lowest BCUT2D eigenvalue weighted by Gasteiger charge is -2.08. The molecule has 6 heteroatoms. The van der Waals surface area contributed by atoms with Crippen LogP contribution in [0.25, 0.3) is 44.8 Å². The van der Waals surface area contributed by atoms with Gasteiger partial charge in [-0.2, -0.15) is 9.99 Å². The fourth-order valence-corrected chi connectivity index (χ4v) is 3.90.